The van der Waals surface area contributed by atoms with Crippen LogP contribution in [-0.4, -0.2) is 31.7 Å². The van der Waals surface area contributed by atoms with Crippen molar-refractivity contribution in [1.82, 2.24) is 5.32 Å². The molecule has 0 radical (unpaired) electrons. The summed E-state index contributed by atoms with van der Waals surface area (Å²) < 4.78 is 43.8. The van der Waals surface area contributed by atoms with Gasteiger partial charge in [-0.15, -0.1) is 0 Å². The third kappa shape index (κ3) is 5.26. The molecule has 1 aliphatic heterocycles. The standard InChI is InChI=1S/C14H16BrF3N2O2/c15-10-5-9(14(16,17)18)6-11(7-10)20-13(21)8-22-12-1-3-19-4-2-12/h5-7,12,19H,1-4,8H2,(H,20,21). The molecular formula is C14H16BrF3N2O2. The highest BCUT2D eigenvalue weighted by molar-refractivity contribution is 9.10. The largest absolute Gasteiger partial charge is 0.416 e. The topological polar surface area (TPSA) is 50.4 Å². The van der Waals surface area contributed by atoms with Gasteiger partial charge in [-0.05, 0) is 44.1 Å². The zero-order chi connectivity index (χ0) is 16.2. The molecule has 0 saturated carbocycles. The van der Waals surface area contributed by atoms with E-state index < -0.39 is 17.6 Å². The van der Waals surface area contributed by atoms with Crippen LogP contribution in [0.1, 0.15) is 18.4 Å². The van der Waals surface area contributed by atoms with Crippen LogP contribution in [-0.2, 0) is 15.7 Å². The predicted molar refractivity (Wildman–Crippen MR) is 79.6 cm³/mol. The quantitative estimate of drug-likeness (QED) is 0.843. The third-order valence-corrected chi connectivity index (χ3v) is 3.70. The minimum Gasteiger partial charge on any atom is -0.368 e. The number of piperidine rings is 1. The fourth-order valence-electron chi connectivity index (χ4n) is 2.18. The second-order valence-electron chi connectivity index (χ2n) is 5.03. The van der Waals surface area contributed by atoms with E-state index in [-0.39, 0.29) is 22.9 Å². The molecule has 1 saturated heterocycles. The van der Waals surface area contributed by atoms with Gasteiger partial charge in [-0.3, -0.25) is 4.79 Å². The number of carbonyl (C=O) groups is 1. The lowest BCUT2D eigenvalue weighted by Gasteiger charge is -2.22. The van der Waals surface area contributed by atoms with Gasteiger partial charge in [-0.2, -0.15) is 13.2 Å². The summed E-state index contributed by atoms with van der Waals surface area (Å²) in [5, 5.41) is 5.60. The van der Waals surface area contributed by atoms with Crippen LogP contribution in [0.4, 0.5) is 18.9 Å². The second-order valence-corrected chi connectivity index (χ2v) is 5.95. The summed E-state index contributed by atoms with van der Waals surface area (Å²) in [6, 6.07) is 3.27. The van der Waals surface area contributed by atoms with E-state index in [2.05, 4.69) is 26.6 Å². The van der Waals surface area contributed by atoms with Crippen molar-refractivity contribution in [1.29, 1.82) is 0 Å². The van der Waals surface area contributed by atoms with Crippen molar-refractivity contribution in [3.05, 3.63) is 28.2 Å². The Labute approximate surface area is 134 Å². The van der Waals surface area contributed by atoms with Gasteiger partial charge in [0.25, 0.3) is 0 Å². The number of hydrogen-bond donors (Lipinski definition) is 2. The summed E-state index contributed by atoms with van der Waals surface area (Å²) in [6.45, 7) is 1.51. The second kappa shape index (κ2) is 7.43. The van der Waals surface area contributed by atoms with Crippen molar-refractivity contribution in [2.75, 3.05) is 25.0 Å². The first-order valence-electron chi connectivity index (χ1n) is 6.84. The molecule has 2 N–H and O–H groups in total. The molecule has 1 amide bonds. The normalized spacial score (nSPS) is 16.5. The SMILES string of the molecule is O=C(COC1CCNCC1)Nc1cc(Br)cc(C(F)(F)F)c1. The Balaban J connectivity index is 1.92. The molecule has 1 aliphatic rings. The van der Waals surface area contributed by atoms with E-state index >= 15 is 0 Å². The molecule has 1 heterocycles. The van der Waals surface area contributed by atoms with Crippen LogP contribution >= 0.6 is 15.9 Å². The summed E-state index contributed by atoms with van der Waals surface area (Å²) in [4.78, 5) is 11.8. The molecule has 1 aromatic carbocycles. The van der Waals surface area contributed by atoms with Crippen LogP contribution < -0.4 is 10.6 Å². The van der Waals surface area contributed by atoms with Gasteiger partial charge in [0.2, 0.25) is 5.91 Å². The Morgan fingerprint density at radius 2 is 2.00 bits per heavy atom. The van der Waals surface area contributed by atoms with Crippen LogP contribution in [0, 0.1) is 0 Å². The van der Waals surface area contributed by atoms with Crippen LogP contribution in [0.2, 0.25) is 0 Å². The first kappa shape index (κ1) is 17.2. The number of alkyl halides is 3. The molecule has 0 aliphatic carbocycles. The average Bonchev–Trinajstić information content (AvgIpc) is 2.45. The van der Waals surface area contributed by atoms with Crippen molar-refractivity contribution in [2.45, 2.75) is 25.1 Å². The summed E-state index contributed by atoms with van der Waals surface area (Å²) in [5.74, 6) is -0.468. The maximum atomic E-state index is 12.7. The first-order valence-corrected chi connectivity index (χ1v) is 7.64. The van der Waals surface area contributed by atoms with E-state index in [0.29, 0.717) is 0 Å². The lowest BCUT2D eigenvalue weighted by atomic mass is 10.1. The van der Waals surface area contributed by atoms with E-state index in [4.69, 9.17) is 4.74 Å². The molecule has 0 spiro atoms. The lowest BCUT2D eigenvalue weighted by Crippen LogP contribution is -2.34. The monoisotopic (exact) mass is 380 g/mol. The van der Waals surface area contributed by atoms with Crippen LogP contribution in [0.15, 0.2) is 22.7 Å². The first-order chi connectivity index (χ1) is 10.3. The molecule has 0 aromatic heterocycles. The molecule has 1 aromatic rings. The predicted octanol–water partition coefficient (Wildman–Crippen LogP) is 3.18. The Kier molecular flexibility index (Phi) is 5.82. The summed E-state index contributed by atoms with van der Waals surface area (Å²) in [6.07, 6.45) is -2.81. The number of amides is 1. The van der Waals surface area contributed by atoms with E-state index in [9.17, 15) is 18.0 Å². The van der Waals surface area contributed by atoms with Gasteiger partial charge in [-0.1, -0.05) is 15.9 Å². The van der Waals surface area contributed by atoms with E-state index in [0.717, 1.165) is 38.1 Å². The highest BCUT2D eigenvalue weighted by Gasteiger charge is 2.31. The maximum absolute atomic E-state index is 12.7. The van der Waals surface area contributed by atoms with Crippen molar-refractivity contribution < 1.29 is 22.7 Å². The number of carbonyl (C=O) groups excluding carboxylic acids is 1. The van der Waals surface area contributed by atoms with Crippen LogP contribution in [0.3, 0.4) is 0 Å². The average molecular weight is 381 g/mol. The number of nitrogens with one attached hydrogen (secondary N) is 2. The Bertz CT molecular complexity index is 531. The minimum absolute atomic E-state index is 0.0141. The fraction of sp³-hybridized carbons (Fsp3) is 0.500. The van der Waals surface area contributed by atoms with Gasteiger partial charge >= 0.3 is 6.18 Å². The van der Waals surface area contributed by atoms with E-state index in [1.165, 1.54) is 6.07 Å². The number of anilines is 1. The molecule has 122 valence electrons. The number of benzene rings is 1. The van der Waals surface area contributed by atoms with Gasteiger partial charge in [0.05, 0.1) is 11.7 Å². The molecule has 8 heteroatoms. The van der Waals surface area contributed by atoms with Crippen molar-refractivity contribution in [3.8, 4) is 0 Å². The third-order valence-electron chi connectivity index (χ3n) is 3.25. The van der Waals surface area contributed by atoms with Gasteiger partial charge < -0.3 is 15.4 Å². The molecule has 1 fully saturated rings. The smallest absolute Gasteiger partial charge is 0.368 e. The van der Waals surface area contributed by atoms with Gasteiger partial charge in [0, 0.05) is 10.2 Å². The van der Waals surface area contributed by atoms with Crippen LogP contribution in [0.25, 0.3) is 0 Å². The maximum Gasteiger partial charge on any atom is 0.416 e. The number of ether oxygens (including phenoxy) is 1. The molecule has 0 bridgehead atoms. The molecule has 0 unspecified atom stereocenters. The zero-order valence-corrected chi connectivity index (χ0v) is 13.3. The molecule has 2 rings (SSSR count). The molecule has 4 nitrogen and oxygen atoms in total. The van der Waals surface area contributed by atoms with Gasteiger partial charge in [0.15, 0.2) is 0 Å². The van der Waals surface area contributed by atoms with Gasteiger partial charge in [0.1, 0.15) is 6.61 Å². The summed E-state index contributed by atoms with van der Waals surface area (Å²) >= 11 is 3.01. The van der Waals surface area contributed by atoms with Crippen molar-refractivity contribution >= 4 is 27.5 Å². The highest BCUT2D eigenvalue weighted by Crippen LogP contribution is 2.33. The Hall–Kier alpha value is -1.12. The lowest BCUT2D eigenvalue weighted by molar-refractivity contribution is -0.137. The van der Waals surface area contributed by atoms with E-state index in [1.54, 1.807) is 0 Å². The van der Waals surface area contributed by atoms with Crippen LogP contribution in [0.5, 0.6) is 0 Å². The highest BCUT2D eigenvalue weighted by atomic mass is 79.9. The fourth-order valence-corrected chi connectivity index (χ4v) is 2.67. The molecular weight excluding hydrogens is 365 g/mol. The van der Waals surface area contributed by atoms with E-state index in [1.807, 2.05) is 0 Å². The number of hydrogen-bond acceptors (Lipinski definition) is 3. The summed E-state index contributed by atoms with van der Waals surface area (Å²) in [7, 11) is 0. The van der Waals surface area contributed by atoms with Crippen molar-refractivity contribution in [3.63, 3.8) is 0 Å². The van der Waals surface area contributed by atoms with Crippen molar-refractivity contribution in [2.24, 2.45) is 0 Å². The molecule has 0 atom stereocenters. The Morgan fingerprint density at radius 3 is 2.64 bits per heavy atom. The summed E-state index contributed by atoms with van der Waals surface area (Å²) in [5.41, 5.74) is -0.739. The molecule has 22 heavy (non-hydrogen) atoms. The Morgan fingerprint density at radius 1 is 1.32 bits per heavy atom. The minimum atomic E-state index is -4.46. The number of rotatable bonds is 4. The zero-order valence-electron chi connectivity index (χ0n) is 11.7. The number of halogens is 4. The van der Waals surface area contributed by atoms with Gasteiger partial charge in [-0.25, -0.2) is 0 Å².